The molecule has 1 aromatic carbocycles. The molecule has 0 amide bonds. The van der Waals surface area contributed by atoms with Gasteiger partial charge in [0.2, 0.25) is 10.0 Å². The minimum absolute atomic E-state index is 0.215. The number of hydrogen-bond donors (Lipinski definition) is 2. The van der Waals surface area contributed by atoms with E-state index in [1.54, 1.807) is 12.1 Å². The van der Waals surface area contributed by atoms with Crippen LogP contribution in [0.15, 0.2) is 23.1 Å². The Labute approximate surface area is 119 Å². The molecule has 0 aliphatic carbocycles. The first kappa shape index (κ1) is 15.1. The molecule has 0 aromatic heterocycles. The predicted molar refractivity (Wildman–Crippen MR) is 79.2 cm³/mol. The summed E-state index contributed by atoms with van der Waals surface area (Å²) in [6, 6.07) is 4.70. The highest BCUT2D eigenvalue weighted by Crippen LogP contribution is 2.29. The Hall–Kier alpha value is -1.31. The Morgan fingerprint density at radius 2 is 2.10 bits per heavy atom. The Bertz CT molecular complexity index is 587. The summed E-state index contributed by atoms with van der Waals surface area (Å²) in [5.74, 6) is 0. The van der Waals surface area contributed by atoms with E-state index in [0.717, 1.165) is 19.4 Å². The van der Waals surface area contributed by atoms with E-state index in [-0.39, 0.29) is 4.90 Å². The molecule has 1 aliphatic heterocycles. The SMILES string of the molecule is CN(C)S(=O)(=O)c1ccc(N)c(N2CCCC(O)C2)c1. The first-order valence-corrected chi connectivity index (χ1v) is 8.01. The van der Waals surface area contributed by atoms with Gasteiger partial charge in [-0.3, -0.25) is 0 Å². The molecular weight excluding hydrogens is 278 g/mol. The molecule has 1 saturated heterocycles. The van der Waals surface area contributed by atoms with Crippen LogP contribution in [0, 0.1) is 0 Å². The van der Waals surface area contributed by atoms with Gasteiger partial charge in [0, 0.05) is 27.2 Å². The van der Waals surface area contributed by atoms with E-state index in [9.17, 15) is 13.5 Å². The van der Waals surface area contributed by atoms with Crippen LogP contribution < -0.4 is 10.6 Å². The number of nitrogens with zero attached hydrogens (tertiary/aromatic N) is 2. The molecule has 1 unspecified atom stereocenters. The van der Waals surface area contributed by atoms with Crippen molar-refractivity contribution < 1.29 is 13.5 Å². The highest BCUT2D eigenvalue weighted by Gasteiger charge is 2.23. The molecule has 1 aliphatic rings. The van der Waals surface area contributed by atoms with Crippen LogP contribution in [-0.4, -0.2) is 51.1 Å². The first-order chi connectivity index (χ1) is 9.32. The zero-order chi connectivity index (χ0) is 14.9. The van der Waals surface area contributed by atoms with Crippen molar-refractivity contribution in [3.63, 3.8) is 0 Å². The molecule has 0 radical (unpaired) electrons. The Kier molecular flexibility index (Phi) is 4.22. The summed E-state index contributed by atoms with van der Waals surface area (Å²) in [6.45, 7) is 1.25. The van der Waals surface area contributed by atoms with E-state index in [1.165, 1.54) is 24.5 Å². The monoisotopic (exact) mass is 299 g/mol. The van der Waals surface area contributed by atoms with Crippen LogP contribution in [0.25, 0.3) is 0 Å². The molecule has 3 N–H and O–H groups in total. The second-order valence-electron chi connectivity index (χ2n) is 5.25. The molecule has 112 valence electrons. The molecule has 0 saturated carbocycles. The smallest absolute Gasteiger partial charge is 0.242 e. The normalized spacial score (nSPS) is 20.4. The first-order valence-electron chi connectivity index (χ1n) is 6.57. The number of benzene rings is 1. The van der Waals surface area contributed by atoms with Crippen LogP contribution in [0.5, 0.6) is 0 Å². The van der Waals surface area contributed by atoms with E-state index in [2.05, 4.69) is 0 Å². The summed E-state index contributed by atoms with van der Waals surface area (Å²) < 4.78 is 25.5. The number of aliphatic hydroxyl groups excluding tert-OH is 1. The van der Waals surface area contributed by atoms with Crippen molar-refractivity contribution in [2.75, 3.05) is 37.8 Å². The van der Waals surface area contributed by atoms with Crippen molar-refractivity contribution in [2.24, 2.45) is 0 Å². The maximum atomic E-state index is 12.2. The van der Waals surface area contributed by atoms with Crippen molar-refractivity contribution in [3.05, 3.63) is 18.2 Å². The lowest BCUT2D eigenvalue weighted by Crippen LogP contribution is -2.38. The summed E-state index contributed by atoms with van der Waals surface area (Å²) in [7, 11) is -0.488. The Morgan fingerprint density at radius 3 is 2.70 bits per heavy atom. The van der Waals surface area contributed by atoms with Crippen LogP contribution >= 0.6 is 0 Å². The number of nitrogen functional groups attached to an aromatic ring is 1. The topological polar surface area (TPSA) is 86.9 Å². The Morgan fingerprint density at radius 1 is 1.40 bits per heavy atom. The van der Waals surface area contributed by atoms with E-state index < -0.39 is 16.1 Å². The third-order valence-electron chi connectivity index (χ3n) is 3.52. The molecule has 1 fully saturated rings. The molecule has 6 nitrogen and oxygen atoms in total. The summed E-state index contributed by atoms with van der Waals surface area (Å²) in [4.78, 5) is 2.16. The summed E-state index contributed by atoms with van der Waals surface area (Å²) in [5.41, 5.74) is 7.15. The second-order valence-corrected chi connectivity index (χ2v) is 7.40. The number of aliphatic hydroxyl groups is 1. The molecule has 0 bridgehead atoms. The molecular formula is C13H21N3O3S. The van der Waals surface area contributed by atoms with Crippen molar-refractivity contribution in [2.45, 2.75) is 23.8 Å². The van der Waals surface area contributed by atoms with E-state index in [4.69, 9.17) is 5.73 Å². The van der Waals surface area contributed by atoms with Gasteiger partial charge in [-0.1, -0.05) is 0 Å². The van der Waals surface area contributed by atoms with E-state index >= 15 is 0 Å². The van der Waals surface area contributed by atoms with Crippen molar-refractivity contribution in [1.29, 1.82) is 0 Å². The highest BCUT2D eigenvalue weighted by atomic mass is 32.2. The molecule has 2 rings (SSSR count). The third kappa shape index (κ3) is 2.89. The average Bonchev–Trinajstić information content (AvgIpc) is 2.38. The zero-order valence-electron chi connectivity index (χ0n) is 11.8. The van der Waals surface area contributed by atoms with Crippen LogP contribution in [-0.2, 0) is 10.0 Å². The van der Waals surface area contributed by atoms with E-state index in [0.29, 0.717) is 17.9 Å². The minimum Gasteiger partial charge on any atom is -0.397 e. The van der Waals surface area contributed by atoms with Crippen LogP contribution in [0.4, 0.5) is 11.4 Å². The fourth-order valence-electron chi connectivity index (χ4n) is 2.34. The van der Waals surface area contributed by atoms with Crippen LogP contribution in [0.3, 0.4) is 0 Å². The third-order valence-corrected chi connectivity index (χ3v) is 5.33. The fourth-order valence-corrected chi connectivity index (χ4v) is 3.26. The molecule has 1 heterocycles. The van der Waals surface area contributed by atoms with Gasteiger partial charge in [0.05, 0.1) is 22.4 Å². The lowest BCUT2D eigenvalue weighted by atomic mass is 10.1. The number of nitrogens with two attached hydrogens (primary N) is 1. The van der Waals surface area contributed by atoms with Gasteiger partial charge in [0.25, 0.3) is 0 Å². The predicted octanol–water partition coefficient (Wildman–Crippen LogP) is 0.480. The fraction of sp³-hybridized carbons (Fsp3) is 0.538. The molecule has 1 atom stereocenters. The van der Waals surface area contributed by atoms with Gasteiger partial charge in [-0.05, 0) is 31.0 Å². The van der Waals surface area contributed by atoms with Crippen molar-refractivity contribution in [3.8, 4) is 0 Å². The van der Waals surface area contributed by atoms with Gasteiger partial charge in [-0.2, -0.15) is 0 Å². The molecule has 7 heteroatoms. The zero-order valence-corrected chi connectivity index (χ0v) is 12.6. The summed E-state index contributed by atoms with van der Waals surface area (Å²) in [5, 5.41) is 9.74. The number of β-amino-alcohol motifs (C(OH)–C–C–N with tert-alkyl or cyclic N) is 1. The highest BCUT2D eigenvalue weighted by molar-refractivity contribution is 7.89. The molecule has 20 heavy (non-hydrogen) atoms. The van der Waals surface area contributed by atoms with Crippen LogP contribution in [0.1, 0.15) is 12.8 Å². The van der Waals surface area contributed by atoms with Crippen LogP contribution in [0.2, 0.25) is 0 Å². The quantitative estimate of drug-likeness (QED) is 0.793. The maximum absolute atomic E-state index is 12.2. The van der Waals surface area contributed by atoms with Crippen molar-refractivity contribution >= 4 is 21.4 Å². The number of sulfonamides is 1. The maximum Gasteiger partial charge on any atom is 0.242 e. The number of hydrogen-bond acceptors (Lipinski definition) is 5. The average molecular weight is 299 g/mol. The lowest BCUT2D eigenvalue weighted by Gasteiger charge is -2.33. The summed E-state index contributed by atoms with van der Waals surface area (Å²) in [6.07, 6.45) is 1.24. The Balaban J connectivity index is 2.39. The van der Waals surface area contributed by atoms with Gasteiger partial charge >= 0.3 is 0 Å². The van der Waals surface area contributed by atoms with Gasteiger partial charge in [-0.25, -0.2) is 12.7 Å². The molecule has 0 spiro atoms. The summed E-state index contributed by atoms with van der Waals surface area (Å²) >= 11 is 0. The lowest BCUT2D eigenvalue weighted by molar-refractivity contribution is 0.154. The van der Waals surface area contributed by atoms with E-state index in [1.807, 2.05) is 4.90 Å². The minimum atomic E-state index is -3.48. The van der Waals surface area contributed by atoms with Gasteiger partial charge in [-0.15, -0.1) is 0 Å². The number of anilines is 2. The van der Waals surface area contributed by atoms with Gasteiger partial charge in [0.1, 0.15) is 0 Å². The van der Waals surface area contributed by atoms with Crippen molar-refractivity contribution in [1.82, 2.24) is 4.31 Å². The largest absolute Gasteiger partial charge is 0.397 e. The van der Waals surface area contributed by atoms with Gasteiger partial charge in [0.15, 0.2) is 0 Å². The van der Waals surface area contributed by atoms with Gasteiger partial charge < -0.3 is 15.7 Å². The second kappa shape index (κ2) is 5.59. The number of rotatable bonds is 3. The molecule has 1 aromatic rings. The standard InChI is InChI=1S/C13H21N3O3S/c1-15(2)20(18,19)11-5-6-12(14)13(8-11)16-7-3-4-10(17)9-16/h5-6,8,10,17H,3-4,7,9,14H2,1-2H3. The number of piperidine rings is 1.